The van der Waals surface area contributed by atoms with E-state index in [0.717, 1.165) is 0 Å². The molecular formula is C14H19BrClN5O3. The van der Waals surface area contributed by atoms with Gasteiger partial charge in [-0.2, -0.15) is 4.98 Å². The molecule has 0 atom stereocenters. The van der Waals surface area contributed by atoms with Crippen molar-refractivity contribution in [2.24, 2.45) is 0 Å². The molecule has 1 aliphatic heterocycles. The van der Waals surface area contributed by atoms with Gasteiger partial charge in [0, 0.05) is 32.4 Å². The van der Waals surface area contributed by atoms with Crippen LogP contribution in [0.25, 0.3) is 0 Å². The van der Waals surface area contributed by atoms with Gasteiger partial charge in [0.1, 0.15) is 5.60 Å². The van der Waals surface area contributed by atoms with Crippen LogP contribution in [0.4, 0.5) is 15.4 Å². The van der Waals surface area contributed by atoms with Gasteiger partial charge < -0.3 is 14.5 Å². The fraction of sp³-hybridized carbons (Fsp3) is 0.571. The molecule has 24 heavy (non-hydrogen) atoms. The Bertz CT molecular complexity index is 629. The molecule has 0 spiro atoms. The lowest BCUT2D eigenvalue weighted by Gasteiger charge is -2.35. The Balaban J connectivity index is 1.89. The minimum atomic E-state index is -0.538. The topological polar surface area (TPSA) is 87.7 Å². The number of aromatic nitrogens is 2. The Morgan fingerprint density at radius 3 is 2.42 bits per heavy atom. The van der Waals surface area contributed by atoms with Gasteiger partial charge in [0.2, 0.25) is 5.28 Å². The zero-order chi connectivity index (χ0) is 17.9. The van der Waals surface area contributed by atoms with Gasteiger partial charge in [0.15, 0.2) is 5.82 Å². The second-order valence-electron chi connectivity index (χ2n) is 6.22. The van der Waals surface area contributed by atoms with Crippen molar-refractivity contribution in [3.05, 3.63) is 16.0 Å². The number of amides is 3. The third-order valence-electron chi connectivity index (χ3n) is 3.16. The number of urea groups is 1. The number of carbonyl (C=O) groups excluding carboxylic acids is 2. The van der Waals surface area contributed by atoms with Crippen LogP contribution in [-0.2, 0) is 4.74 Å². The van der Waals surface area contributed by atoms with Crippen LogP contribution >= 0.6 is 27.5 Å². The van der Waals surface area contributed by atoms with Crippen molar-refractivity contribution in [1.29, 1.82) is 0 Å². The van der Waals surface area contributed by atoms with Gasteiger partial charge in [-0.25, -0.2) is 14.6 Å². The fourth-order valence-electron chi connectivity index (χ4n) is 2.03. The minimum absolute atomic E-state index is 0.0447. The highest BCUT2D eigenvalue weighted by Gasteiger charge is 2.28. The number of rotatable bonds is 1. The van der Waals surface area contributed by atoms with E-state index in [1.54, 1.807) is 9.80 Å². The van der Waals surface area contributed by atoms with Crippen LogP contribution in [0.5, 0.6) is 0 Å². The monoisotopic (exact) mass is 419 g/mol. The van der Waals surface area contributed by atoms with Crippen LogP contribution < -0.4 is 5.32 Å². The number of nitrogens with zero attached hydrogens (tertiary/aromatic N) is 4. The summed E-state index contributed by atoms with van der Waals surface area (Å²) in [6.45, 7) is 7.09. The second-order valence-corrected chi connectivity index (χ2v) is 7.41. The highest BCUT2D eigenvalue weighted by Crippen LogP contribution is 2.21. The van der Waals surface area contributed by atoms with E-state index in [0.29, 0.717) is 36.5 Å². The van der Waals surface area contributed by atoms with E-state index in [9.17, 15) is 9.59 Å². The van der Waals surface area contributed by atoms with E-state index in [1.807, 2.05) is 20.8 Å². The number of halogens is 2. The van der Waals surface area contributed by atoms with Gasteiger partial charge in [0.25, 0.3) is 0 Å². The quantitative estimate of drug-likeness (QED) is 0.706. The Morgan fingerprint density at radius 1 is 1.25 bits per heavy atom. The summed E-state index contributed by atoms with van der Waals surface area (Å²) < 4.78 is 5.86. The average molecular weight is 421 g/mol. The van der Waals surface area contributed by atoms with Crippen molar-refractivity contribution >= 4 is 45.5 Å². The van der Waals surface area contributed by atoms with Crippen LogP contribution in [0.1, 0.15) is 20.8 Å². The Morgan fingerprint density at radius 2 is 1.83 bits per heavy atom. The molecule has 10 heteroatoms. The van der Waals surface area contributed by atoms with Crippen LogP contribution in [0.2, 0.25) is 5.28 Å². The molecule has 8 nitrogen and oxygen atoms in total. The molecule has 1 fully saturated rings. The van der Waals surface area contributed by atoms with E-state index in [1.165, 1.54) is 6.20 Å². The first-order valence-electron chi connectivity index (χ1n) is 7.37. The number of nitrogens with one attached hydrogen (secondary N) is 1. The average Bonchev–Trinajstić information content (AvgIpc) is 2.49. The summed E-state index contributed by atoms with van der Waals surface area (Å²) in [5, 5.41) is 2.72. The smallest absolute Gasteiger partial charge is 0.410 e. The predicted octanol–water partition coefficient (Wildman–Crippen LogP) is 2.98. The first kappa shape index (κ1) is 18.7. The maximum Gasteiger partial charge on any atom is 0.410 e. The van der Waals surface area contributed by atoms with Crippen molar-refractivity contribution in [1.82, 2.24) is 19.8 Å². The standard InChI is InChI=1S/C14H19BrClN5O3/c1-14(2,3)24-13(23)21-6-4-20(5-7-21)12(22)19-10-9(15)8-17-11(16)18-10/h8H,4-7H2,1-3H3,(H,17,18,19,22). The first-order chi connectivity index (χ1) is 11.2. The molecule has 1 N–H and O–H groups in total. The van der Waals surface area contributed by atoms with Gasteiger partial charge in [0.05, 0.1) is 4.47 Å². The van der Waals surface area contributed by atoms with E-state index >= 15 is 0 Å². The molecule has 2 rings (SSSR count). The molecule has 132 valence electrons. The number of hydrogen-bond acceptors (Lipinski definition) is 5. The van der Waals surface area contributed by atoms with Crippen molar-refractivity contribution in [2.75, 3.05) is 31.5 Å². The molecule has 1 aromatic rings. The number of piperazine rings is 1. The second kappa shape index (κ2) is 7.52. The SMILES string of the molecule is CC(C)(C)OC(=O)N1CCN(C(=O)Nc2nc(Cl)ncc2Br)CC1. The van der Waals surface area contributed by atoms with Crippen LogP contribution in [0.3, 0.4) is 0 Å². The van der Waals surface area contributed by atoms with Crippen LogP contribution in [-0.4, -0.2) is 63.7 Å². The third kappa shape index (κ3) is 5.20. The number of ether oxygens (including phenoxy) is 1. The zero-order valence-corrected chi connectivity index (χ0v) is 16.0. The molecule has 0 unspecified atom stereocenters. The molecule has 1 aliphatic rings. The van der Waals surface area contributed by atoms with E-state index in [-0.39, 0.29) is 17.4 Å². The lowest BCUT2D eigenvalue weighted by molar-refractivity contribution is 0.0174. The number of hydrogen-bond donors (Lipinski definition) is 1. The van der Waals surface area contributed by atoms with E-state index in [2.05, 4.69) is 31.2 Å². The van der Waals surface area contributed by atoms with Crippen molar-refractivity contribution in [3.8, 4) is 0 Å². The molecule has 0 radical (unpaired) electrons. The first-order valence-corrected chi connectivity index (χ1v) is 8.55. The van der Waals surface area contributed by atoms with Crippen molar-refractivity contribution in [3.63, 3.8) is 0 Å². The summed E-state index contributed by atoms with van der Waals surface area (Å²) in [6.07, 6.45) is 1.10. The molecule has 3 amide bonds. The predicted molar refractivity (Wildman–Crippen MR) is 93.1 cm³/mol. The van der Waals surface area contributed by atoms with E-state index in [4.69, 9.17) is 16.3 Å². The van der Waals surface area contributed by atoms with Gasteiger partial charge >= 0.3 is 12.1 Å². The molecule has 2 heterocycles. The van der Waals surface area contributed by atoms with Gasteiger partial charge in [-0.3, -0.25) is 5.32 Å². The zero-order valence-electron chi connectivity index (χ0n) is 13.7. The molecule has 0 aliphatic carbocycles. The molecule has 0 bridgehead atoms. The Labute approximate surface area is 153 Å². The van der Waals surface area contributed by atoms with Crippen molar-refractivity contribution in [2.45, 2.75) is 26.4 Å². The maximum absolute atomic E-state index is 12.3. The Hall–Kier alpha value is -1.61. The number of carbonyl (C=O) groups is 2. The lowest BCUT2D eigenvalue weighted by Crippen LogP contribution is -2.52. The van der Waals surface area contributed by atoms with Crippen LogP contribution in [0, 0.1) is 0 Å². The summed E-state index contributed by atoms with van der Waals surface area (Å²) in [6, 6.07) is -0.311. The third-order valence-corrected chi connectivity index (χ3v) is 3.92. The minimum Gasteiger partial charge on any atom is -0.444 e. The number of anilines is 1. The van der Waals surface area contributed by atoms with Gasteiger partial charge in [-0.15, -0.1) is 0 Å². The molecule has 1 aromatic heterocycles. The summed E-state index contributed by atoms with van der Waals surface area (Å²) in [7, 11) is 0. The van der Waals surface area contributed by atoms with Gasteiger partial charge in [-0.05, 0) is 48.3 Å². The summed E-state index contributed by atoms with van der Waals surface area (Å²) in [4.78, 5) is 35.3. The largest absolute Gasteiger partial charge is 0.444 e. The van der Waals surface area contributed by atoms with E-state index < -0.39 is 5.60 Å². The summed E-state index contributed by atoms with van der Waals surface area (Å²) >= 11 is 8.98. The molecule has 0 saturated carbocycles. The Kier molecular flexibility index (Phi) is 5.87. The van der Waals surface area contributed by atoms with Gasteiger partial charge in [-0.1, -0.05) is 0 Å². The highest BCUT2D eigenvalue weighted by atomic mass is 79.9. The molecular weight excluding hydrogens is 402 g/mol. The fourth-order valence-corrected chi connectivity index (χ4v) is 2.46. The lowest BCUT2D eigenvalue weighted by atomic mass is 10.2. The highest BCUT2D eigenvalue weighted by molar-refractivity contribution is 9.10. The normalized spacial score (nSPS) is 15.2. The summed E-state index contributed by atoms with van der Waals surface area (Å²) in [5.41, 5.74) is -0.538. The van der Waals surface area contributed by atoms with Crippen LogP contribution in [0.15, 0.2) is 10.7 Å². The molecule has 0 aromatic carbocycles. The maximum atomic E-state index is 12.3. The summed E-state index contributed by atoms with van der Waals surface area (Å²) in [5.74, 6) is 0.301. The van der Waals surface area contributed by atoms with Crippen molar-refractivity contribution < 1.29 is 14.3 Å². The molecule has 1 saturated heterocycles.